The number of nitrogens with zero attached hydrogens (tertiary/aromatic N) is 3. The molecule has 2 rings (SSSR count). The van der Waals surface area contributed by atoms with E-state index in [0.717, 1.165) is 37.6 Å². The van der Waals surface area contributed by atoms with E-state index in [1.165, 1.54) is 0 Å². The lowest BCUT2D eigenvalue weighted by atomic mass is 10.1. The smallest absolute Gasteiger partial charge is 0.133 e. The predicted molar refractivity (Wildman–Crippen MR) is 68.4 cm³/mol. The van der Waals surface area contributed by atoms with Gasteiger partial charge in [0.25, 0.3) is 0 Å². The van der Waals surface area contributed by atoms with Crippen LogP contribution in [0.2, 0.25) is 0 Å². The van der Waals surface area contributed by atoms with Gasteiger partial charge in [0.15, 0.2) is 0 Å². The third kappa shape index (κ3) is 2.94. The van der Waals surface area contributed by atoms with Gasteiger partial charge in [0, 0.05) is 32.3 Å². The van der Waals surface area contributed by atoms with Crippen LogP contribution in [0.15, 0.2) is 12.3 Å². The van der Waals surface area contributed by atoms with Crippen LogP contribution in [0.25, 0.3) is 0 Å². The van der Waals surface area contributed by atoms with Crippen LogP contribution in [0.3, 0.4) is 0 Å². The molecule has 1 aliphatic heterocycles. The Morgan fingerprint density at radius 3 is 2.65 bits per heavy atom. The molecular formula is C13H21N3O. The average molecular weight is 235 g/mol. The first-order valence-corrected chi connectivity index (χ1v) is 6.31. The Hall–Kier alpha value is -1.16. The van der Waals surface area contributed by atoms with Crippen LogP contribution in [-0.4, -0.2) is 36.3 Å². The van der Waals surface area contributed by atoms with Gasteiger partial charge in [0.1, 0.15) is 11.6 Å². The summed E-state index contributed by atoms with van der Waals surface area (Å²) >= 11 is 0. The van der Waals surface area contributed by atoms with Crippen molar-refractivity contribution in [2.24, 2.45) is 0 Å². The molecule has 1 fully saturated rings. The van der Waals surface area contributed by atoms with Crippen molar-refractivity contribution in [1.82, 2.24) is 9.97 Å². The van der Waals surface area contributed by atoms with Crippen molar-refractivity contribution in [3.63, 3.8) is 0 Å². The Kier molecular flexibility index (Phi) is 3.94. The van der Waals surface area contributed by atoms with Crippen molar-refractivity contribution in [3.05, 3.63) is 18.1 Å². The zero-order chi connectivity index (χ0) is 12.3. The number of anilines is 1. The summed E-state index contributed by atoms with van der Waals surface area (Å²) in [5.41, 5.74) is 0. The van der Waals surface area contributed by atoms with Gasteiger partial charge in [-0.3, -0.25) is 0 Å². The van der Waals surface area contributed by atoms with Gasteiger partial charge < -0.3 is 9.64 Å². The zero-order valence-electron chi connectivity index (χ0n) is 10.9. The molecule has 0 atom stereocenters. The molecule has 17 heavy (non-hydrogen) atoms. The van der Waals surface area contributed by atoms with E-state index in [1.807, 2.05) is 12.3 Å². The highest BCUT2D eigenvalue weighted by atomic mass is 16.5. The number of methoxy groups -OCH3 is 1. The lowest BCUT2D eigenvalue weighted by Gasteiger charge is -2.32. The quantitative estimate of drug-likeness (QED) is 0.805. The van der Waals surface area contributed by atoms with Crippen molar-refractivity contribution >= 4 is 5.82 Å². The molecule has 0 spiro atoms. The Morgan fingerprint density at radius 2 is 2.06 bits per heavy atom. The predicted octanol–water partition coefficient (Wildman–Crippen LogP) is 2.22. The number of ether oxygens (including phenoxy) is 1. The number of hydrogen-bond donors (Lipinski definition) is 0. The fourth-order valence-electron chi connectivity index (χ4n) is 2.14. The summed E-state index contributed by atoms with van der Waals surface area (Å²) in [6.45, 7) is 6.28. The van der Waals surface area contributed by atoms with Gasteiger partial charge in [-0.15, -0.1) is 0 Å². The van der Waals surface area contributed by atoms with Crippen molar-refractivity contribution in [2.75, 3.05) is 25.1 Å². The van der Waals surface area contributed by atoms with E-state index in [2.05, 4.69) is 28.7 Å². The van der Waals surface area contributed by atoms with Crippen LogP contribution >= 0.6 is 0 Å². The minimum atomic E-state index is 0.381. The molecule has 0 aliphatic carbocycles. The topological polar surface area (TPSA) is 38.2 Å². The number of piperidine rings is 1. The summed E-state index contributed by atoms with van der Waals surface area (Å²) in [5.74, 6) is 2.36. The standard InChI is InChI=1S/C13H21N3O/c1-10(2)13-14-7-4-12(15-13)16-8-5-11(17-3)6-9-16/h4,7,10-11H,5-6,8-9H2,1-3H3. The number of aromatic nitrogens is 2. The van der Waals surface area contributed by atoms with Crippen LogP contribution in [-0.2, 0) is 4.74 Å². The average Bonchev–Trinajstić information content (AvgIpc) is 2.39. The van der Waals surface area contributed by atoms with Gasteiger partial charge in [-0.05, 0) is 18.9 Å². The van der Waals surface area contributed by atoms with E-state index in [9.17, 15) is 0 Å². The molecule has 0 unspecified atom stereocenters. The van der Waals surface area contributed by atoms with E-state index in [0.29, 0.717) is 12.0 Å². The highest BCUT2D eigenvalue weighted by Gasteiger charge is 2.20. The fourth-order valence-corrected chi connectivity index (χ4v) is 2.14. The minimum absolute atomic E-state index is 0.381. The summed E-state index contributed by atoms with van der Waals surface area (Å²) in [6.07, 6.45) is 4.44. The maximum atomic E-state index is 5.38. The third-order valence-electron chi connectivity index (χ3n) is 3.28. The normalized spacial score (nSPS) is 17.8. The third-order valence-corrected chi connectivity index (χ3v) is 3.28. The van der Waals surface area contributed by atoms with E-state index in [-0.39, 0.29) is 0 Å². The first-order valence-electron chi connectivity index (χ1n) is 6.31. The molecule has 0 radical (unpaired) electrons. The lowest BCUT2D eigenvalue weighted by molar-refractivity contribution is 0.0818. The monoisotopic (exact) mass is 235 g/mol. The molecule has 0 amide bonds. The molecular weight excluding hydrogens is 214 g/mol. The van der Waals surface area contributed by atoms with E-state index in [4.69, 9.17) is 4.74 Å². The molecule has 0 bridgehead atoms. The van der Waals surface area contributed by atoms with Crippen molar-refractivity contribution < 1.29 is 4.74 Å². The summed E-state index contributed by atoms with van der Waals surface area (Å²) in [5, 5.41) is 0. The summed E-state index contributed by atoms with van der Waals surface area (Å²) in [6, 6.07) is 2.00. The molecule has 2 heterocycles. The van der Waals surface area contributed by atoms with Crippen LogP contribution < -0.4 is 4.90 Å². The van der Waals surface area contributed by atoms with Gasteiger partial charge in [0.05, 0.1) is 6.10 Å². The Morgan fingerprint density at radius 1 is 1.35 bits per heavy atom. The first-order chi connectivity index (χ1) is 8.20. The number of hydrogen-bond acceptors (Lipinski definition) is 4. The minimum Gasteiger partial charge on any atom is -0.381 e. The Bertz CT molecular complexity index is 359. The Labute approximate surface area is 103 Å². The zero-order valence-corrected chi connectivity index (χ0v) is 10.9. The maximum absolute atomic E-state index is 5.38. The first kappa shape index (κ1) is 12.3. The van der Waals surface area contributed by atoms with Crippen molar-refractivity contribution in [2.45, 2.75) is 38.7 Å². The van der Waals surface area contributed by atoms with E-state index in [1.54, 1.807) is 7.11 Å². The second-order valence-corrected chi connectivity index (χ2v) is 4.85. The molecule has 0 N–H and O–H groups in total. The van der Waals surface area contributed by atoms with Crippen molar-refractivity contribution in [1.29, 1.82) is 0 Å². The molecule has 1 aromatic heterocycles. The molecule has 1 aliphatic rings. The van der Waals surface area contributed by atoms with Gasteiger partial charge in [0.2, 0.25) is 0 Å². The second kappa shape index (κ2) is 5.45. The van der Waals surface area contributed by atoms with Gasteiger partial charge in [-0.1, -0.05) is 13.8 Å². The largest absolute Gasteiger partial charge is 0.381 e. The molecule has 1 saturated heterocycles. The molecule has 0 aromatic carbocycles. The molecule has 0 saturated carbocycles. The molecule has 4 heteroatoms. The van der Waals surface area contributed by atoms with Crippen LogP contribution in [0.4, 0.5) is 5.82 Å². The molecule has 1 aromatic rings. The van der Waals surface area contributed by atoms with Gasteiger partial charge in [-0.2, -0.15) is 0 Å². The highest BCUT2D eigenvalue weighted by Crippen LogP contribution is 2.20. The molecule has 94 valence electrons. The summed E-state index contributed by atoms with van der Waals surface area (Å²) < 4.78 is 5.38. The Balaban J connectivity index is 2.05. The second-order valence-electron chi connectivity index (χ2n) is 4.85. The molecule has 4 nitrogen and oxygen atoms in total. The van der Waals surface area contributed by atoms with Crippen molar-refractivity contribution in [3.8, 4) is 0 Å². The highest BCUT2D eigenvalue weighted by molar-refractivity contribution is 5.38. The maximum Gasteiger partial charge on any atom is 0.133 e. The van der Waals surface area contributed by atoms with Crippen LogP contribution in [0, 0.1) is 0 Å². The van der Waals surface area contributed by atoms with Gasteiger partial charge in [-0.25, -0.2) is 9.97 Å². The van der Waals surface area contributed by atoms with Gasteiger partial charge >= 0.3 is 0 Å². The van der Waals surface area contributed by atoms with Crippen LogP contribution in [0.1, 0.15) is 38.4 Å². The summed E-state index contributed by atoms with van der Waals surface area (Å²) in [4.78, 5) is 11.2. The van der Waals surface area contributed by atoms with E-state index >= 15 is 0 Å². The number of rotatable bonds is 3. The SMILES string of the molecule is COC1CCN(c2ccnc(C(C)C)n2)CC1. The summed E-state index contributed by atoms with van der Waals surface area (Å²) in [7, 11) is 1.79. The van der Waals surface area contributed by atoms with Crippen LogP contribution in [0.5, 0.6) is 0 Å². The van der Waals surface area contributed by atoms with E-state index < -0.39 is 0 Å². The fraction of sp³-hybridized carbons (Fsp3) is 0.692. The lowest BCUT2D eigenvalue weighted by Crippen LogP contribution is -2.37.